The number of hydrogen-bond acceptors (Lipinski definition) is 3. The van der Waals surface area contributed by atoms with E-state index in [-0.39, 0.29) is 0 Å². The Morgan fingerprint density at radius 1 is 1.31 bits per heavy atom. The Kier molecular flexibility index (Phi) is 8.68. The van der Waals surface area contributed by atoms with Crippen LogP contribution in [0.2, 0.25) is 0 Å². The van der Waals surface area contributed by atoms with Crippen LogP contribution in [0, 0.1) is 13.8 Å². The molecule has 1 aliphatic rings. The van der Waals surface area contributed by atoms with Crippen LogP contribution < -0.4 is 10.6 Å². The summed E-state index contributed by atoms with van der Waals surface area (Å²) in [5.41, 5.74) is 5.01. The Bertz CT molecular complexity index is 618. The maximum Gasteiger partial charge on any atom is 0.191 e. The molecule has 0 unspecified atom stereocenters. The number of rotatable bonds is 9. The summed E-state index contributed by atoms with van der Waals surface area (Å²) in [6.07, 6.45) is 8.71. The molecule has 2 rings (SSSR count). The highest BCUT2D eigenvalue weighted by molar-refractivity contribution is 5.79. The largest absolute Gasteiger partial charge is 0.383 e. The number of guanidine groups is 1. The number of hydrogen-bond donors (Lipinski definition) is 2. The maximum atomic E-state index is 5.16. The molecular formula is C20H35N5O. The van der Waals surface area contributed by atoms with Gasteiger partial charge in [0.2, 0.25) is 0 Å². The van der Waals surface area contributed by atoms with Crippen LogP contribution in [0.25, 0.3) is 0 Å². The number of aliphatic imine (C=N–C) groups is 1. The normalized spacial score (nSPS) is 15.1. The molecule has 0 atom stereocenters. The van der Waals surface area contributed by atoms with E-state index in [1.54, 1.807) is 12.7 Å². The van der Waals surface area contributed by atoms with Crippen LogP contribution in [0.4, 0.5) is 0 Å². The van der Waals surface area contributed by atoms with Crippen LogP contribution in [-0.2, 0) is 17.8 Å². The fourth-order valence-corrected chi connectivity index (χ4v) is 3.33. The fraction of sp³-hybridized carbons (Fsp3) is 0.700. The topological polar surface area (TPSA) is 63.5 Å². The van der Waals surface area contributed by atoms with E-state index in [9.17, 15) is 0 Å². The number of methoxy groups -OCH3 is 1. The van der Waals surface area contributed by atoms with E-state index in [1.165, 1.54) is 36.9 Å². The number of aryl methyl sites for hydroxylation is 1. The molecule has 0 aliphatic heterocycles. The smallest absolute Gasteiger partial charge is 0.191 e. The van der Waals surface area contributed by atoms with E-state index in [0.29, 0.717) is 13.2 Å². The zero-order valence-corrected chi connectivity index (χ0v) is 16.9. The molecular weight excluding hydrogens is 326 g/mol. The Labute approximate surface area is 158 Å². The molecule has 0 bridgehead atoms. The van der Waals surface area contributed by atoms with E-state index in [0.717, 1.165) is 37.7 Å². The van der Waals surface area contributed by atoms with Gasteiger partial charge in [0.25, 0.3) is 0 Å². The predicted octanol–water partition coefficient (Wildman–Crippen LogP) is 3.09. The summed E-state index contributed by atoms with van der Waals surface area (Å²) >= 11 is 0. The minimum atomic E-state index is 0.642. The first-order valence-corrected chi connectivity index (χ1v) is 9.87. The molecule has 1 aromatic heterocycles. The second-order valence-electron chi connectivity index (χ2n) is 6.85. The first-order valence-electron chi connectivity index (χ1n) is 9.87. The zero-order chi connectivity index (χ0) is 18.8. The van der Waals surface area contributed by atoms with Crippen molar-refractivity contribution in [3.8, 4) is 0 Å². The molecule has 1 aliphatic carbocycles. The number of nitrogens with one attached hydrogen (secondary N) is 2. The van der Waals surface area contributed by atoms with Crippen LogP contribution >= 0.6 is 0 Å². The Balaban J connectivity index is 1.93. The van der Waals surface area contributed by atoms with Gasteiger partial charge in [-0.15, -0.1) is 0 Å². The van der Waals surface area contributed by atoms with Gasteiger partial charge in [-0.2, -0.15) is 5.10 Å². The average Bonchev–Trinajstić information content (AvgIpc) is 2.92. The van der Waals surface area contributed by atoms with E-state index in [2.05, 4.69) is 42.6 Å². The number of allylic oxidation sites excluding steroid dienone is 1. The third kappa shape index (κ3) is 6.16. The molecule has 0 spiro atoms. The lowest BCUT2D eigenvalue weighted by molar-refractivity contribution is 0.182. The summed E-state index contributed by atoms with van der Waals surface area (Å²) < 4.78 is 7.17. The fourth-order valence-electron chi connectivity index (χ4n) is 3.33. The molecule has 2 N–H and O–H groups in total. The van der Waals surface area contributed by atoms with Crippen molar-refractivity contribution in [2.45, 2.75) is 66.0 Å². The van der Waals surface area contributed by atoms with E-state index in [1.807, 2.05) is 4.68 Å². The number of nitrogens with zero attached hydrogens (tertiary/aromatic N) is 3. The molecule has 1 aromatic rings. The van der Waals surface area contributed by atoms with Crippen molar-refractivity contribution in [1.29, 1.82) is 0 Å². The Morgan fingerprint density at radius 2 is 2.15 bits per heavy atom. The van der Waals surface area contributed by atoms with Crippen molar-refractivity contribution < 1.29 is 4.74 Å². The molecule has 0 fully saturated rings. The van der Waals surface area contributed by atoms with Crippen molar-refractivity contribution in [2.75, 3.05) is 26.8 Å². The van der Waals surface area contributed by atoms with E-state index < -0.39 is 0 Å². The van der Waals surface area contributed by atoms with Crippen molar-refractivity contribution in [1.82, 2.24) is 20.4 Å². The van der Waals surface area contributed by atoms with Gasteiger partial charge in [-0.05, 0) is 52.9 Å². The van der Waals surface area contributed by atoms with Crippen molar-refractivity contribution in [2.24, 2.45) is 4.99 Å². The van der Waals surface area contributed by atoms with Crippen LogP contribution in [0.5, 0.6) is 0 Å². The minimum absolute atomic E-state index is 0.642. The number of ether oxygens (including phenoxy) is 1. The average molecular weight is 362 g/mol. The molecule has 0 amide bonds. The molecule has 26 heavy (non-hydrogen) atoms. The van der Waals surface area contributed by atoms with Gasteiger partial charge in [0, 0.05) is 31.5 Å². The first kappa shape index (κ1) is 20.5. The lowest BCUT2D eigenvalue weighted by atomic mass is 9.97. The summed E-state index contributed by atoms with van der Waals surface area (Å²) in [5.74, 6) is 0.882. The first-order chi connectivity index (χ1) is 12.7. The highest BCUT2D eigenvalue weighted by atomic mass is 16.5. The third-order valence-corrected chi connectivity index (χ3v) is 4.90. The molecule has 1 heterocycles. The van der Waals surface area contributed by atoms with Crippen LogP contribution in [0.3, 0.4) is 0 Å². The lowest BCUT2D eigenvalue weighted by Gasteiger charge is -2.15. The van der Waals surface area contributed by atoms with Crippen molar-refractivity contribution in [3.63, 3.8) is 0 Å². The second-order valence-corrected chi connectivity index (χ2v) is 6.85. The molecule has 0 aromatic carbocycles. The van der Waals surface area contributed by atoms with Gasteiger partial charge in [-0.3, -0.25) is 4.68 Å². The Hall–Kier alpha value is -1.82. The van der Waals surface area contributed by atoms with Gasteiger partial charge in [0.1, 0.15) is 0 Å². The second kappa shape index (κ2) is 11.0. The highest BCUT2D eigenvalue weighted by Crippen LogP contribution is 2.19. The van der Waals surface area contributed by atoms with Crippen LogP contribution in [0.15, 0.2) is 16.6 Å². The van der Waals surface area contributed by atoms with Crippen LogP contribution in [0.1, 0.15) is 56.0 Å². The van der Waals surface area contributed by atoms with Crippen molar-refractivity contribution in [3.05, 3.63) is 28.6 Å². The van der Waals surface area contributed by atoms with Gasteiger partial charge in [-0.25, -0.2) is 4.99 Å². The zero-order valence-electron chi connectivity index (χ0n) is 16.9. The Morgan fingerprint density at radius 3 is 2.85 bits per heavy atom. The van der Waals surface area contributed by atoms with E-state index >= 15 is 0 Å². The number of aromatic nitrogens is 2. The van der Waals surface area contributed by atoms with Gasteiger partial charge < -0.3 is 15.4 Å². The molecule has 0 saturated carbocycles. The summed E-state index contributed by atoms with van der Waals surface area (Å²) in [5, 5.41) is 11.4. The SMILES string of the molecule is CCNC(=NCc1c(C)nn(CCOC)c1C)NCCC1=CCCCC1. The van der Waals surface area contributed by atoms with Gasteiger partial charge >= 0.3 is 0 Å². The molecule has 0 radical (unpaired) electrons. The molecule has 6 nitrogen and oxygen atoms in total. The monoisotopic (exact) mass is 361 g/mol. The summed E-state index contributed by atoms with van der Waals surface area (Å²) in [6.45, 7) is 10.1. The van der Waals surface area contributed by atoms with Crippen molar-refractivity contribution >= 4 is 5.96 Å². The highest BCUT2D eigenvalue weighted by Gasteiger charge is 2.11. The summed E-state index contributed by atoms with van der Waals surface area (Å²) in [4.78, 5) is 4.77. The molecule has 6 heteroatoms. The van der Waals surface area contributed by atoms with Gasteiger partial charge in [0.15, 0.2) is 5.96 Å². The minimum Gasteiger partial charge on any atom is -0.383 e. The summed E-state index contributed by atoms with van der Waals surface area (Å²) in [6, 6.07) is 0. The molecule has 146 valence electrons. The summed E-state index contributed by atoms with van der Waals surface area (Å²) in [7, 11) is 1.72. The molecule has 0 saturated heterocycles. The standard InChI is InChI=1S/C20H35N5O/c1-5-21-20(22-12-11-18-9-7-6-8-10-18)23-15-19-16(2)24-25(17(19)3)13-14-26-4/h9H,5-8,10-15H2,1-4H3,(H2,21,22,23). The lowest BCUT2D eigenvalue weighted by Crippen LogP contribution is -2.37. The van der Waals surface area contributed by atoms with Gasteiger partial charge in [0.05, 0.1) is 25.4 Å². The third-order valence-electron chi connectivity index (χ3n) is 4.90. The van der Waals surface area contributed by atoms with E-state index in [4.69, 9.17) is 9.73 Å². The van der Waals surface area contributed by atoms with Crippen LogP contribution in [-0.4, -0.2) is 42.5 Å². The maximum absolute atomic E-state index is 5.16. The predicted molar refractivity (Wildman–Crippen MR) is 108 cm³/mol. The van der Waals surface area contributed by atoms with Gasteiger partial charge in [-0.1, -0.05) is 11.6 Å². The quantitative estimate of drug-likeness (QED) is 0.403.